The van der Waals surface area contributed by atoms with Crippen LogP contribution in [-0.4, -0.2) is 24.8 Å². The lowest BCUT2D eigenvalue weighted by Gasteiger charge is -2.12. The molecule has 2 nitrogen and oxygen atoms in total. The third-order valence-corrected chi connectivity index (χ3v) is 1.90. The molecule has 10 heavy (non-hydrogen) atoms. The van der Waals surface area contributed by atoms with E-state index in [1.165, 1.54) is 0 Å². The van der Waals surface area contributed by atoms with E-state index in [1.54, 1.807) is 0 Å². The van der Waals surface area contributed by atoms with Gasteiger partial charge in [-0.3, -0.25) is 0 Å². The predicted molar refractivity (Wildman–Crippen MR) is 44.0 cm³/mol. The van der Waals surface area contributed by atoms with Crippen molar-refractivity contribution in [1.29, 1.82) is 0 Å². The highest BCUT2D eigenvalue weighted by molar-refractivity contribution is 4.59. The molecule has 2 heteroatoms. The van der Waals surface area contributed by atoms with Crippen molar-refractivity contribution >= 4 is 0 Å². The molecule has 2 N–H and O–H groups in total. The summed E-state index contributed by atoms with van der Waals surface area (Å²) >= 11 is 0. The molecule has 62 valence electrons. The van der Waals surface area contributed by atoms with Crippen LogP contribution < -0.4 is 5.32 Å². The van der Waals surface area contributed by atoms with Gasteiger partial charge in [-0.25, -0.2) is 0 Å². The molecule has 0 bridgehead atoms. The second-order valence-electron chi connectivity index (χ2n) is 3.05. The summed E-state index contributed by atoms with van der Waals surface area (Å²) in [5.74, 6) is 0.454. The summed E-state index contributed by atoms with van der Waals surface area (Å²) in [4.78, 5) is 0. The van der Waals surface area contributed by atoms with Crippen molar-refractivity contribution in [2.75, 3.05) is 13.7 Å². The molecule has 0 aliphatic carbocycles. The summed E-state index contributed by atoms with van der Waals surface area (Å²) in [5, 5.41) is 11.9. The van der Waals surface area contributed by atoms with Crippen molar-refractivity contribution < 1.29 is 5.11 Å². The lowest BCUT2D eigenvalue weighted by atomic mass is 10.0. The number of rotatable bonds is 5. The van der Waals surface area contributed by atoms with Gasteiger partial charge in [0.1, 0.15) is 0 Å². The fourth-order valence-corrected chi connectivity index (χ4v) is 0.770. The molecule has 0 spiro atoms. The highest BCUT2D eigenvalue weighted by atomic mass is 16.3. The highest BCUT2D eigenvalue weighted by Gasteiger charge is 2.02. The second kappa shape index (κ2) is 5.69. The molecule has 0 saturated carbocycles. The molecular weight excluding hydrogens is 126 g/mol. The molecule has 0 aliphatic heterocycles. The number of aliphatic hydroxyl groups excluding tert-OH is 1. The second-order valence-corrected chi connectivity index (χ2v) is 3.05. The van der Waals surface area contributed by atoms with Crippen LogP contribution in [0.25, 0.3) is 0 Å². The highest BCUT2D eigenvalue weighted by Crippen LogP contribution is 2.05. The van der Waals surface area contributed by atoms with E-state index in [9.17, 15) is 0 Å². The van der Waals surface area contributed by atoms with Gasteiger partial charge in [0.05, 0.1) is 0 Å². The van der Waals surface area contributed by atoms with E-state index in [4.69, 9.17) is 5.11 Å². The van der Waals surface area contributed by atoms with Crippen molar-refractivity contribution in [1.82, 2.24) is 5.32 Å². The summed E-state index contributed by atoms with van der Waals surface area (Å²) in [7, 11) is 1.97. The van der Waals surface area contributed by atoms with E-state index in [1.807, 2.05) is 7.05 Å². The fourth-order valence-electron chi connectivity index (χ4n) is 0.770. The van der Waals surface area contributed by atoms with Crippen LogP contribution in [0.1, 0.15) is 26.7 Å². The molecule has 0 aliphatic rings. The maximum absolute atomic E-state index is 8.70. The van der Waals surface area contributed by atoms with E-state index in [2.05, 4.69) is 19.2 Å². The van der Waals surface area contributed by atoms with Crippen LogP contribution >= 0.6 is 0 Å². The molecule has 0 saturated heterocycles. The Kier molecular flexibility index (Phi) is 5.64. The third kappa shape index (κ3) is 4.77. The summed E-state index contributed by atoms with van der Waals surface area (Å²) in [6.07, 6.45) is 2.26. The molecule has 0 fully saturated rings. The van der Waals surface area contributed by atoms with Gasteiger partial charge < -0.3 is 10.4 Å². The minimum atomic E-state index is 0.316. The van der Waals surface area contributed by atoms with E-state index in [-0.39, 0.29) is 0 Å². The van der Waals surface area contributed by atoms with Gasteiger partial charge in [-0.15, -0.1) is 0 Å². The van der Waals surface area contributed by atoms with Gasteiger partial charge in [0.25, 0.3) is 0 Å². The monoisotopic (exact) mass is 145 g/mol. The van der Waals surface area contributed by atoms with Crippen LogP contribution in [0.15, 0.2) is 0 Å². The Morgan fingerprint density at radius 2 is 1.90 bits per heavy atom. The molecule has 0 rings (SSSR count). The Hall–Kier alpha value is -0.0800. The van der Waals surface area contributed by atoms with E-state index < -0.39 is 0 Å². The Morgan fingerprint density at radius 3 is 2.30 bits per heavy atom. The van der Waals surface area contributed by atoms with Gasteiger partial charge in [-0.05, 0) is 32.7 Å². The molecule has 0 aromatic carbocycles. The predicted octanol–water partition coefficient (Wildman–Crippen LogP) is 1.00. The average molecular weight is 145 g/mol. The lowest BCUT2D eigenvalue weighted by Crippen LogP contribution is -2.21. The lowest BCUT2D eigenvalue weighted by molar-refractivity contribution is 0.225. The molecule has 0 aromatic rings. The van der Waals surface area contributed by atoms with Crippen molar-refractivity contribution in [3.05, 3.63) is 0 Å². The van der Waals surface area contributed by atoms with Crippen LogP contribution in [0.4, 0.5) is 0 Å². The SMILES string of the molecule is CNC(C)CC[C@H](C)CO. The number of hydrogen-bond acceptors (Lipinski definition) is 2. The molecule has 0 amide bonds. The van der Waals surface area contributed by atoms with Gasteiger partial charge in [-0.1, -0.05) is 6.92 Å². The fraction of sp³-hybridized carbons (Fsp3) is 1.00. The molecule has 2 atom stereocenters. The van der Waals surface area contributed by atoms with Crippen LogP contribution in [-0.2, 0) is 0 Å². The Bertz CT molecular complexity index is 65.7. The summed E-state index contributed by atoms with van der Waals surface area (Å²) < 4.78 is 0. The molecule has 0 aromatic heterocycles. The first-order valence-electron chi connectivity index (χ1n) is 3.98. The van der Waals surface area contributed by atoms with E-state index in [0.717, 1.165) is 12.8 Å². The topological polar surface area (TPSA) is 32.3 Å². The number of hydrogen-bond donors (Lipinski definition) is 2. The largest absolute Gasteiger partial charge is 0.396 e. The summed E-state index contributed by atoms with van der Waals surface area (Å²) in [5.41, 5.74) is 0. The molecular formula is C8H19NO. The van der Waals surface area contributed by atoms with Gasteiger partial charge in [0, 0.05) is 12.6 Å². The first kappa shape index (κ1) is 9.92. The van der Waals surface area contributed by atoms with Crippen LogP contribution in [0.3, 0.4) is 0 Å². The smallest absolute Gasteiger partial charge is 0.0456 e. The first-order valence-corrected chi connectivity index (χ1v) is 3.98. The minimum Gasteiger partial charge on any atom is -0.396 e. The maximum Gasteiger partial charge on any atom is 0.0456 e. The molecule has 0 heterocycles. The average Bonchev–Trinajstić information content (AvgIpc) is 1.99. The zero-order chi connectivity index (χ0) is 7.98. The minimum absolute atomic E-state index is 0.316. The normalized spacial score (nSPS) is 16.8. The Balaban J connectivity index is 3.17. The number of nitrogens with one attached hydrogen (secondary N) is 1. The van der Waals surface area contributed by atoms with Gasteiger partial charge in [0.2, 0.25) is 0 Å². The van der Waals surface area contributed by atoms with Crippen LogP contribution in [0.2, 0.25) is 0 Å². The van der Waals surface area contributed by atoms with Crippen molar-refractivity contribution in [2.45, 2.75) is 32.7 Å². The van der Waals surface area contributed by atoms with Gasteiger partial charge >= 0.3 is 0 Å². The van der Waals surface area contributed by atoms with E-state index in [0.29, 0.717) is 18.6 Å². The third-order valence-electron chi connectivity index (χ3n) is 1.90. The van der Waals surface area contributed by atoms with Crippen molar-refractivity contribution in [3.63, 3.8) is 0 Å². The van der Waals surface area contributed by atoms with Crippen LogP contribution in [0, 0.1) is 5.92 Å². The molecule has 1 unspecified atom stereocenters. The van der Waals surface area contributed by atoms with Gasteiger partial charge in [-0.2, -0.15) is 0 Å². The first-order chi connectivity index (χ1) is 4.70. The Morgan fingerprint density at radius 1 is 1.30 bits per heavy atom. The zero-order valence-electron chi connectivity index (χ0n) is 7.22. The maximum atomic E-state index is 8.70. The van der Waals surface area contributed by atoms with Crippen LogP contribution in [0.5, 0.6) is 0 Å². The Labute approximate surface area is 63.6 Å². The quantitative estimate of drug-likeness (QED) is 0.605. The van der Waals surface area contributed by atoms with Crippen molar-refractivity contribution in [2.24, 2.45) is 5.92 Å². The molecule has 0 radical (unpaired) electrons. The standard InChI is InChI=1S/C8H19NO/c1-7(6-10)4-5-8(2)9-3/h7-10H,4-6H2,1-3H3/t7-,8?/m0/s1. The number of aliphatic hydroxyl groups is 1. The van der Waals surface area contributed by atoms with Crippen molar-refractivity contribution in [3.8, 4) is 0 Å². The summed E-state index contributed by atoms with van der Waals surface area (Å²) in [6, 6.07) is 0.578. The zero-order valence-corrected chi connectivity index (χ0v) is 7.22. The van der Waals surface area contributed by atoms with Gasteiger partial charge in [0.15, 0.2) is 0 Å². The van der Waals surface area contributed by atoms with E-state index >= 15 is 0 Å². The summed E-state index contributed by atoms with van der Waals surface area (Å²) in [6.45, 7) is 4.54.